The number of ether oxygens (including phenoxy) is 3. The van der Waals surface area contributed by atoms with Crippen LogP contribution in [-0.2, 0) is 14.2 Å². The Kier molecular flexibility index (Phi) is 3.25. The Morgan fingerprint density at radius 3 is 2.89 bits per heavy atom. The first-order chi connectivity index (χ1) is 8.62. The fraction of sp³-hybridized carbons (Fsp3) is 0.867. The van der Waals surface area contributed by atoms with Crippen LogP contribution in [0.4, 0.5) is 0 Å². The van der Waals surface area contributed by atoms with Crippen molar-refractivity contribution in [1.82, 2.24) is 0 Å². The Hall–Kier alpha value is -0.380. The number of hydrogen-bond acceptors (Lipinski definition) is 3. The van der Waals surface area contributed by atoms with Crippen LogP contribution < -0.4 is 0 Å². The summed E-state index contributed by atoms with van der Waals surface area (Å²) in [6.07, 6.45) is 10.0. The molecule has 102 valence electrons. The molecule has 0 aliphatic carbocycles. The van der Waals surface area contributed by atoms with E-state index < -0.39 is 0 Å². The Morgan fingerprint density at radius 1 is 1.11 bits per heavy atom. The number of hydrogen-bond donors (Lipinski definition) is 0. The van der Waals surface area contributed by atoms with Crippen molar-refractivity contribution in [2.24, 2.45) is 0 Å². The molecule has 0 aromatic carbocycles. The predicted octanol–water partition coefficient (Wildman–Crippen LogP) is 2.84. The van der Waals surface area contributed by atoms with Gasteiger partial charge in [0.25, 0.3) is 0 Å². The minimum Gasteiger partial charge on any atom is -0.372 e. The smallest absolute Gasteiger partial charge is 0.104 e. The molecule has 2 fully saturated rings. The van der Waals surface area contributed by atoms with Crippen LogP contribution >= 0.6 is 0 Å². The minimum atomic E-state index is -0.179. The zero-order valence-electron chi connectivity index (χ0n) is 11.5. The lowest BCUT2D eigenvalue weighted by Gasteiger charge is -2.49. The van der Waals surface area contributed by atoms with Crippen LogP contribution in [0.5, 0.6) is 0 Å². The lowest BCUT2D eigenvalue weighted by molar-refractivity contribution is -0.242. The predicted molar refractivity (Wildman–Crippen MR) is 69.6 cm³/mol. The SMILES string of the molecule is C[C@]12CCCO[C@@H]1/C=C\C[C@]1(C)OCCC[C@H]1O2. The average molecular weight is 252 g/mol. The molecule has 3 heterocycles. The summed E-state index contributed by atoms with van der Waals surface area (Å²) in [6.45, 7) is 6.10. The van der Waals surface area contributed by atoms with Gasteiger partial charge in [0, 0.05) is 13.2 Å². The zero-order valence-corrected chi connectivity index (χ0v) is 11.5. The van der Waals surface area contributed by atoms with Gasteiger partial charge in [-0.15, -0.1) is 0 Å². The van der Waals surface area contributed by atoms with Gasteiger partial charge in [-0.2, -0.15) is 0 Å². The van der Waals surface area contributed by atoms with E-state index >= 15 is 0 Å². The Labute approximate surface area is 109 Å². The molecule has 3 nitrogen and oxygen atoms in total. The zero-order chi connectivity index (χ0) is 12.6. The summed E-state index contributed by atoms with van der Waals surface area (Å²) in [5.41, 5.74) is -0.331. The fourth-order valence-corrected chi connectivity index (χ4v) is 3.43. The van der Waals surface area contributed by atoms with Crippen LogP contribution in [0.3, 0.4) is 0 Å². The summed E-state index contributed by atoms with van der Waals surface area (Å²) in [5, 5.41) is 0. The molecule has 0 aromatic rings. The summed E-state index contributed by atoms with van der Waals surface area (Å²) < 4.78 is 18.4. The van der Waals surface area contributed by atoms with Crippen LogP contribution in [0.2, 0.25) is 0 Å². The first kappa shape index (κ1) is 12.6. The average Bonchev–Trinajstić information content (AvgIpc) is 2.33. The minimum absolute atomic E-state index is 0.109. The maximum absolute atomic E-state index is 6.49. The molecule has 4 atom stereocenters. The van der Waals surface area contributed by atoms with Crippen LogP contribution in [0.1, 0.15) is 46.0 Å². The van der Waals surface area contributed by atoms with E-state index in [1.807, 2.05) is 0 Å². The van der Waals surface area contributed by atoms with Crippen molar-refractivity contribution >= 4 is 0 Å². The van der Waals surface area contributed by atoms with Gasteiger partial charge >= 0.3 is 0 Å². The highest BCUT2D eigenvalue weighted by atomic mass is 16.6. The van der Waals surface area contributed by atoms with Crippen molar-refractivity contribution in [1.29, 1.82) is 0 Å². The molecule has 18 heavy (non-hydrogen) atoms. The Bertz CT molecular complexity index is 341. The molecule has 0 saturated carbocycles. The topological polar surface area (TPSA) is 27.7 Å². The molecule has 0 bridgehead atoms. The molecular formula is C15H24O3. The number of fused-ring (bicyclic) bond motifs is 2. The molecule has 3 aliphatic heterocycles. The van der Waals surface area contributed by atoms with Crippen molar-refractivity contribution in [3.63, 3.8) is 0 Å². The third-order valence-electron chi connectivity index (χ3n) is 4.69. The second-order valence-electron chi connectivity index (χ2n) is 6.25. The van der Waals surface area contributed by atoms with E-state index in [9.17, 15) is 0 Å². The summed E-state index contributed by atoms with van der Waals surface area (Å²) in [7, 11) is 0. The van der Waals surface area contributed by atoms with E-state index in [4.69, 9.17) is 14.2 Å². The summed E-state index contributed by atoms with van der Waals surface area (Å²) in [4.78, 5) is 0. The molecule has 2 saturated heterocycles. The van der Waals surface area contributed by atoms with Gasteiger partial charge in [-0.05, 0) is 46.0 Å². The Balaban J connectivity index is 1.88. The second-order valence-corrected chi connectivity index (χ2v) is 6.25. The van der Waals surface area contributed by atoms with E-state index in [1.165, 1.54) is 0 Å². The lowest BCUT2D eigenvalue weighted by Crippen LogP contribution is -2.56. The standard InChI is InChI=1S/C15H24O3/c1-14-8-3-6-12-15(2,9-5-10-16-12)18-13(14)7-4-11-17-14/h3,6,12-13H,4-5,7-11H2,1-2H3/b6-3-/t12-,13-,14+,15+/m1/s1. The van der Waals surface area contributed by atoms with Gasteiger partial charge in [0.1, 0.15) is 6.10 Å². The van der Waals surface area contributed by atoms with Gasteiger partial charge in [0.05, 0.1) is 17.3 Å². The van der Waals surface area contributed by atoms with E-state index in [0.717, 1.165) is 45.3 Å². The highest BCUT2D eigenvalue weighted by Gasteiger charge is 2.47. The van der Waals surface area contributed by atoms with Crippen molar-refractivity contribution in [3.05, 3.63) is 12.2 Å². The Morgan fingerprint density at radius 2 is 2.00 bits per heavy atom. The van der Waals surface area contributed by atoms with Crippen LogP contribution in [-0.4, -0.2) is 36.6 Å². The van der Waals surface area contributed by atoms with Crippen LogP contribution in [0.15, 0.2) is 12.2 Å². The molecule has 3 aliphatic rings. The molecular weight excluding hydrogens is 228 g/mol. The first-order valence-corrected chi connectivity index (χ1v) is 7.22. The molecule has 0 amide bonds. The van der Waals surface area contributed by atoms with Crippen molar-refractivity contribution in [2.45, 2.75) is 69.4 Å². The van der Waals surface area contributed by atoms with Crippen molar-refractivity contribution in [3.8, 4) is 0 Å². The molecule has 3 rings (SSSR count). The number of rotatable bonds is 0. The third kappa shape index (κ3) is 2.13. The van der Waals surface area contributed by atoms with Crippen molar-refractivity contribution in [2.75, 3.05) is 13.2 Å². The molecule has 3 heteroatoms. The highest BCUT2D eigenvalue weighted by Crippen LogP contribution is 2.40. The first-order valence-electron chi connectivity index (χ1n) is 7.22. The van der Waals surface area contributed by atoms with Gasteiger partial charge in [-0.1, -0.05) is 12.2 Å². The third-order valence-corrected chi connectivity index (χ3v) is 4.69. The summed E-state index contributed by atoms with van der Waals surface area (Å²) in [6, 6.07) is 0. The summed E-state index contributed by atoms with van der Waals surface area (Å²) >= 11 is 0. The quantitative estimate of drug-likeness (QED) is 0.620. The van der Waals surface area contributed by atoms with E-state index in [1.54, 1.807) is 0 Å². The molecule has 0 radical (unpaired) electrons. The maximum Gasteiger partial charge on any atom is 0.104 e. The van der Waals surface area contributed by atoms with Gasteiger partial charge in [0.15, 0.2) is 0 Å². The van der Waals surface area contributed by atoms with Crippen LogP contribution in [0, 0.1) is 0 Å². The lowest BCUT2D eigenvalue weighted by atomic mass is 9.83. The van der Waals surface area contributed by atoms with E-state index in [2.05, 4.69) is 26.0 Å². The summed E-state index contributed by atoms with van der Waals surface area (Å²) in [5.74, 6) is 0. The van der Waals surface area contributed by atoms with Gasteiger partial charge in [0.2, 0.25) is 0 Å². The van der Waals surface area contributed by atoms with Gasteiger partial charge < -0.3 is 14.2 Å². The van der Waals surface area contributed by atoms with Gasteiger partial charge in [-0.3, -0.25) is 0 Å². The largest absolute Gasteiger partial charge is 0.372 e. The van der Waals surface area contributed by atoms with E-state index in [-0.39, 0.29) is 23.4 Å². The fourth-order valence-electron chi connectivity index (χ4n) is 3.43. The van der Waals surface area contributed by atoms with E-state index in [0.29, 0.717) is 0 Å². The molecule has 0 spiro atoms. The van der Waals surface area contributed by atoms with Crippen LogP contribution in [0.25, 0.3) is 0 Å². The molecule has 0 unspecified atom stereocenters. The van der Waals surface area contributed by atoms with Crippen molar-refractivity contribution < 1.29 is 14.2 Å². The molecule has 0 aromatic heterocycles. The maximum atomic E-state index is 6.49. The molecule has 0 N–H and O–H groups in total. The normalized spacial score (nSPS) is 50.6. The second kappa shape index (κ2) is 4.62. The highest BCUT2D eigenvalue weighted by molar-refractivity contribution is 5.08. The van der Waals surface area contributed by atoms with Gasteiger partial charge in [-0.25, -0.2) is 0 Å². The monoisotopic (exact) mass is 252 g/mol.